The molecule has 1 saturated heterocycles. The summed E-state index contributed by atoms with van der Waals surface area (Å²) >= 11 is 0. The SMILES string of the molecule is CCN1CCN(c2c(C#N)c(=O)[nH]c3ccc(C)cc23)CC1. The number of rotatable bonds is 2. The number of anilines is 1. The number of nitrogens with one attached hydrogen (secondary N) is 1. The average molecular weight is 296 g/mol. The normalized spacial score (nSPS) is 16.0. The van der Waals surface area contributed by atoms with E-state index >= 15 is 0 Å². The highest BCUT2D eigenvalue weighted by molar-refractivity contribution is 5.94. The lowest BCUT2D eigenvalue weighted by Crippen LogP contribution is -2.46. The second-order valence-electron chi connectivity index (χ2n) is 5.76. The number of benzene rings is 1. The molecule has 0 atom stereocenters. The topological polar surface area (TPSA) is 63.1 Å². The van der Waals surface area contributed by atoms with Crippen molar-refractivity contribution in [3.63, 3.8) is 0 Å². The van der Waals surface area contributed by atoms with E-state index in [0.29, 0.717) is 0 Å². The van der Waals surface area contributed by atoms with E-state index in [1.54, 1.807) is 0 Å². The van der Waals surface area contributed by atoms with E-state index < -0.39 is 0 Å². The first-order valence-corrected chi connectivity index (χ1v) is 7.68. The number of pyridine rings is 1. The second-order valence-corrected chi connectivity index (χ2v) is 5.76. The highest BCUT2D eigenvalue weighted by Gasteiger charge is 2.22. The predicted molar refractivity (Wildman–Crippen MR) is 88.3 cm³/mol. The molecule has 3 rings (SSSR count). The molecule has 2 aromatic rings. The Morgan fingerprint density at radius 1 is 1.27 bits per heavy atom. The van der Waals surface area contributed by atoms with E-state index in [1.807, 2.05) is 25.1 Å². The summed E-state index contributed by atoms with van der Waals surface area (Å²) in [7, 11) is 0. The van der Waals surface area contributed by atoms with Gasteiger partial charge >= 0.3 is 0 Å². The van der Waals surface area contributed by atoms with Crippen molar-refractivity contribution in [1.82, 2.24) is 9.88 Å². The maximum absolute atomic E-state index is 12.2. The molecule has 1 aromatic heterocycles. The first kappa shape index (κ1) is 14.6. The van der Waals surface area contributed by atoms with E-state index in [-0.39, 0.29) is 11.1 Å². The van der Waals surface area contributed by atoms with Crippen LogP contribution < -0.4 is 10.5 Å². The summed E-state index contributed by atoms with van der Waals surface area (Å²) in [4.78, 5) is 19.6. The van der Waals surface area contributed by atoms with Gasteiger partial charge in [0.2, 0.25) is 0 Å². The quantitative estimate of drug-likeness (QED) is 0.918. The number of piperazine rings is 1. The van der Waals surface area contributed by atoms with Gasteiger partial charge in [-0.25, -0.2) is 0 Å². The van der Waals surface area contributed by atoms with Gasteiger partial charge < -0.3 is 14.8 Å². The number of fused-ring (bicyclic) bond motifs is 1. The van der Waals surface area contributed by atoms with Gasteiger partial charge in [0.25, 0.3) is 5.56 Å². The van der Waals surface area contributed by atoms with Gasteiger partial charge in [0, 0.05) is 31.6 Å². The summed E-state index contributed by atoms with van der Waals surface area (Å²) < 4.78 is 0. The molecule has 0 aliphatic carbocycles. The Bertz CT molecular complexity index is 795. The number of hydrogen-bond donors (Lipinski definition) is 1. The number of nitriles is 1. The van der Waals surface area contributed by atoms with Gasteiger partial charge in [-0.2, -0.15) is 5.26 Å². The maximum Gasteiger partial charge on any atom is 0.268 e. The molecule has 1 aliphatic rings. The van der Waals surface area contributed by atoms with Gasteiger partial charge in [-0.05, 0) is 25.6 Å². The Hall–Kier alpha value is -2.32. The van der Waals surface area contributed by atoms with Crippen LogP contribution in [0.1, 0.15) is 18.1 Å². The Morgan fingerprint density at radius 3 is 2.64 bits per heavy atom. The molecule has 5 nitrogen and oxygen atoms in total. The molecule has 1 fully saturated rings. The lowest BCUT2D eigenvalue weighted by Gasteiger charge is -2.36. The fraction of sp³-hybridized carbons (Fsp3) is 0.412. The number of nitrogens with zero attached hydrogens (tertiary/aromatic N) is 3. The fourth-order valence-corrected chi connectivity index (χ4v) is 3.11. The minimum atomic E-state index is -0.299. The van der Waals surface area contributed by atoms with E-state index in [2.05, 4.69) is 27.8 Å². The van der Waals surface area contributed by atoms with Crippen LogP contribution in [-0.4, -0.2) is 42.6 Å². The summed E-state index contributed by atoms with van der Waals surface area (Å²) in [5, 5.41) is 10.4. The molecule has 0 radical (unpaired) electrons. The Morgan fingerprint density at radius 2 is 2.00 bits per heavy atom. The first-order chi connectivity index (χ1) is 10.6. The van der Waals surface area contributed by atoms with E-state index in [4.69, 9.17) is 0 Å². The molecule has 2 heterocycles. The Labute approximate surface area is 129 Å². The molecule has 1 aromatic carbocycles. The van der Waals surface area contributed by atoms with Crippen molar-refractivity contribution in [3.05, 3.63) is 39.7 Å². The lowest BCUT2D eigenvalue weighted by molar-refractivity contribution is 0.271. The van der Waals surface area contributed by atoms with Crippen LogP contribution >= 0.6 is 0 Å². The lowest BCUT2D eigenvalue weighted by atomic mass is 10.1. The first-order valence-electron chi connectivity index (χ1n) is 7.68. The molecule has 0 spiro atoms. The van der Waals surface area contributed by atoms with Crippen molar-refractivity contribution in [2.45, 2.75) is 13.8 Å². The number of H-pyrrole nitrogens is 1. The number of hydrogen-bond acceptors (Lipinski definition) is 4. The zero-order chi connectivity index (χ0) is 15.7. The summed E-state index contributed by atoms with van der Waals surface area (Å²) in [6.07, 6.45) is 0. The van der Waals surface area contributed by atoms with Gasteiger partial charge in [0.1, 0.15) is 11.6 Å². The van der Waals surface area contributed by atoms with Crippen LogP contribution in [0.5, 0.6) is 0 Å². The molecule has 0 saturated carbocycles. The predicted octanol–water partition coefficient (Wildman–Crippen LogP) is 1.85. The summed E-state index contributed by atoms with van der Waals surface area (Å²) in [6, 6.07) is 8.04. The second kappa shape index (κ2) is 5.82. The Kier molecular flexibility index (Phi) is 3.86. The van der Waals surface area contributed by atoms with Gasteiger partial charge in [0.05, 0.1) is 11.2 Å². The standard InChI is InChI=1S/C17H20N4O/c1-3-20-6-8-21(9-7-20)16-13-10-12(2)4-5-15(13)19-17(22)14(16)11-18/h4-5,10H,3,6-9H2,1-2H3,(H,19,22). The van der Waals surface area contributed by atoms with Gasteiger partial charge in [-0.1, -0.05) is 18.6 Å². The van der Waals surface area contributed by atoms with E-state index in [9.17, 15) is 10.1 Å². The molecule has 114 valence electrons. The van der Waals surface area contributed by atoms with Crippen LogP contribution in [0.2, 0.25) is 0 Å². The molecular weight excluding hydrogens is 276 g/mol. The van der Waals surface area contributed by atoms with Crippen LogP contribution in [0.3, 0.4) is 0 Å². The van der Waals surface area contributed by atoms with E-state index in [1.165, 1.54) is 0 Å². The number of aromatic amines is 1. The molecule has 1 N–H and O–H groups in total. The van der Waals surface area contributed by atoms with Gasteiger partial charge in [-0.3, -0.25) is 4.79 Å². The zero-order valence-corrected chi connectivity index (χ0v) is 13.0. The number of aromatic nitrogens is 1. The smallest absolute Gasteiger partial charge is 0.268 e. The Balaban J connectivity index is 2.16. The monoisotopic (exact) mass is 296 g/mol. The van der Waals surface area contributed by atoms with Crippen molar-refractivity contribution >= 4 is 16.6 Å². The highest BCUT2D eigenvalue weighted by atomic mass is 16.1. The van der Waals surface area contributed by atoms with Crippen molar-refractivity contribution in [2.24, 2.45) is 0 Å². The molecular formula is C17H20N4O. The van der Waals surface area contributed by atoms with Gasteiger partial charge in [0.15, 0.2) is 0 Å². The van der Waals surface area contributed by atoms with Crippen LogP contribution in [0.25, 0.3) is 10.9 Å². The third kappa shape index (κ3) is 2.46. The summed E-state index contributed by atoms with van der Waals surface area (Å²) in [5.74, 6) is 0. The minimum Gasteiger partial charge on any atom is -0.367 e. The molecule has 22 heavy (non-hydrogen) atoms. The minimum absolute atomic E-state index is 0.225. The summed E-state index contributed by atoms with van der Waals surface area (Å²) in [6.45, 7) is 8.82. The maximum atomic E-state index is 12.2. The summed E-state index contributed by atoms with van der Waals surface area (Å²) in [5.41, 5.74) is 2.63. The largest absolute Gasteiger partial charge is 0.367 e. The average Bonchev–Trinajstić information content (AvgIpc) is 2.54. The number of likely N-dealkylation sites (N-methyl/N-ethyl adjacent to an activating group) is 1. The van der Waals surface area contributed by atoms with Crippen LogP contribution in [0.4, 0.5) is 5.69 Å². The molecule has 5 heteroatoms. The molecule has 0 unspecified atom stereocenters. The molecule has 0 amide bonds. The third-order valence-corrected chi connectivity index (χ3v) is 4.39. The highest BCUT2D eigenvalue weighted by Crippen LogP contribution is 2.29. The van der Waals surface area contributed by atoms with Crippen LogP contribution in [-0.2, 0) is 0 Å². The zero-order valence-electron chi connectivity index (χ0n) is 13.0. The van der Waals surface area contributed by atoms with Crippen molar-refractivity contribution in [1.29, 1.82) is 5.26 Å². The van der Waals surface area contributed by atoms with Crippen LogP contribution in [0.15, 0.2) is 23.0 Å². The van der Waals surface area contributed by atoms with E-state index in [0.717, 1.165) is 54.9 Å². The van der Waals surface area contributed by atoms with Crippen molar-refractivity contribution < 1.29 is 0 Å². The number of aryl methyl sites for hydroxylation is 1. The van der Waals surface area contributed by atoms with Crippen molar-refractivity contribution in [3.8, 4) is 6.07 Å². The van der Waals surface area contributed by atoms with Crippen LogP contribution in [0, 0.1) is 18.3 Å². The fourth-order valence-electron chi connectivity index (χ4n) is 3.11. The third-order valence-electron chi connectivity index (χ3n) is 4.39. The molecule has 0 bridgehead atoms. The van der Waals surface area contributed by atoms with Gasteiger partial charge in [-0.15, -0.1) is 0 Å². The van der Waals surface area contributed by atoms with Crippen molar-refractivity contribution in [2.75, 3.05) is 37.6 Å². The molecule has 1 aliphatic heterocycles.